The molecular weight excluding hydrogens is 586 g/mol. The monoisotopic (exact) mass is 617 g/mol. The van der Waals surface area contributed by atoms with Crippen molar-refractivity contribution in [2.45, 2.75) is 50.5 Å². The number of benzene rings is 2. The van der Waals surface area contributed by atoms with E-state index < -0.39 is 33.7 Å². The SMILES string of the molecule is CCCCc1nc(Cl)c(C=O)n1Cc1ccc(S(=O)(=O)NC(=O)CCNC(=O)C(Cc2ccccc2)C(=O)NO)cc1. The lowest BCUT2D eigenvalue weighted by Crippen LogP contribution is -2.42. The second-order valence-corrected chi connectivity index (χ2v) is 11.5. The highest BCUT2D eigenvalue weighted by molar-refractivity contribution is 7.90. The summed E-state index contributed by atoms with van der Waals surface area (Å²) >= 11 is 6.12. The molecule has 1 aromatic heterocycles. The van der Waals surface area contributed by atoms with Crippen LogP contribution in [-0.4, -0.2) is 53.7 Å². The second kappa shape index (κ2) is 15.2. The molecule has 1 atom stereocenters. The number of nitrogens with one attached hydrogen (secondary N) is 3. The average Bonchev–Trinajstić information content (AvgIpc) is 3.27. The molecule has 0 saturated heterocycles. The first kappa shape index (κ1) is 32.4. The highest BCUT2D eigenvalue weighted by Crippen LogP contribution is 2.20. The Bertz CT molecular complexity index is 1510. The lowest BCUT2D eigenvalue weighted by atomic mass is 9.98. The van der Waals surface area contributed by atoms with Crippen LogP contribution in [0.15, 0.2) is 59.5 Å². The van der Waals surface area contributed by atoms with Crippen LogP contribution in [0.3, 0.4) is 0 Å². The van der Waals surface area contributed by atoms with Crippen molar-refractivity contribution in [1.82, 2.24) is 25.1 Å². The molecule has 0 fully saturated rings. The molecule has 3 amide bonds. The molecule has 0 radical (unpaired) electrons. The number of carbonyl (C=O) groups is 4. The standard InChI is InChI=1S/C28H32ClN5O7S/c1-2-3-9-24-31-26(29)23(18-35)34(24)17-20-10-12-21(13-11-20)42(40,41)33-25(36)14-15-30-27(37)22(28(38)32-39)16-19-7-5-4-6-8-19/h4-8,10-13,18,22,39H,2-3,9,14-17H2,1H3,(H,30,37)(H,32,38)(H,33,36). The van der Waals surface area contributed by atoms with Gasteiger partial charge in [0.15, 0.2) is 11.4 Å². The molecule has 12 nitrogen and oxygen atoms in total. The van der Waals surface area contributed by atoms with E-state index in [2.05, 4.69) is 10.3 Å². The highest BCUT2D eigenvalue weighted by Gasteiger charge is 2.27. The number of aromatic nitrogens is 2. The molecule has 4 N–H and O–H groups in total. The number of imidazole rings is 1. The van der Waals surface area contributed by atoms with Crippen LogP contribution in [0.4, 0.5) is 0 Å². The quantitative estimate of drug-likeness (QED) is 0.0869. The number of amides is 3. The Labute approximate surface area is 248 Å². The minimum absolute atomic E-state index is 0.0139. The van der Waals surface area contributed by atoms with Gasteiger partial charge in [-0.3, -0.25) is 24.4 Å². The summed E-state index contributed by atoms with van der Waals surface area (Å²) in [6, 6.07) is 14.5. The van der Waals surface area contributed by atoms with Gasteiger partial charge in [0.25, 0.3) is 15.9 Å². The number of hydrogen-bond donors (Lipinski definition) is 4. The smallest absolute Gasteiger partial charge is 0.264 e. The van der Waals surface area contributed by atoms with Gasteiger partial charge in [-0.1, -0.05) is 67.4 Å². The van der Waals surface area contributed by atoms with E-state index in [1.807, 2.05) is 11.6 Å². The largest absolute Gasteiger partial charge is 0.355 e. The van der Waals surface area contributed by atoms with E-state index in [-0.39, 0.29) is 41.7 Å². The van der Waals surface area contributed by atoms with Gasteiger partial charge >= 0.3 is 0 Å². The Morgan fingerprint density at radius 1 is 1.05 bits per heavy atom. The number of hydrogen-bond acceptors (Lipinski definition) is 8. The number of sulfonamides is 1. The van der Waals surface area contributed by atoms with Crippen LogP contribution < -0.4 is 15.5 Å². The molecule has 1 heterocycles. The molecule has 0 spiro atoms. The van der Waals surface area contributed by atoms with Crippen LogP contribution in [0.2, 0.25) is 5.15 Å². The molecule has 14 heteroatoms. The summed E-state index contributed by atoms with van der Waals surface area (Å²) in [6.07, 6.45) is 2.69. The summed E-state index contributed by atoms with van der Waals surface area (Å²) in [7, 11) is -4.21. The molecule has 0 aliphatic carbocycles. The third-order valence-electron chi connectivity index (χ3n) is 6.41. The van der Waals surface area contributed by atoms with Crippen molar-refractivity contribution in [2.75, 3.05) is 6.54 Å². The fraction of sp³-hybridized carbons (Fsp3) is 0.321. The molecule has 3 aromatic rings. The Kier molecular flexibility index (Phi) is 11.8. The van der Waals surface area contributed by atoms with Crippen molar-refractivity contribution in [3.8, 4) is 0 Å². The van der Waals surface area contributed by atoms with Crippen molar-refractivity contribution in [1.29, 1.82) is 0 Å². The first-order chi connectivity index (χ1) is 20.1. The van der Waals surface area contributed by atoms with E-state index in [0.29, 0.717) is 29.7 Å². The van der Waals surface area contributed by atoms with Gasteiger partial charge in [0.05, 0.1) is 4.90 Å². The van der Waals surface area contributed by atoms with E-state index >= 15 is 0 Å². The van der Waals surface area contributed by atoms with Crippen LogP contribution in [0, 0.1) is 5.92 Å². The summed E-state index contributed by atoms with van der Waals surface area (Å²) < 4.78 is 29.1. The Morgan fingerprint density at radius 2 is 1.74 bits per heavy atom. The molecular formula is C28H32ClN5O7S. The Hall–Kier alpha value is -4.07. The predicted molar refractivity (Wildman–Crippen MR) is 153 cm³/mol. The van der Waals surface area contributed by atoms with E-state index in [0.717, 1.165) is 12.8 Å². The minimum atomic E-state index is -4.21. The minimum Gasteiger partial charge on any atom is -0.355 e. The molecule has 1 unspecified atom stereocenters. The Morgan fingerprint density at radius 3 is 2.36 bits per heavy atom. The van der Waals surface area contributed by atoms with Crippen LogP contribution in [0.1, 0.15) is 53.6 Å². The van der Waals surface area contributed by atoms with Crippen molar-refractivity contribution in [3.63, 3.8) is 0 Å². The summed E-state index contributed by atoms with van der Waals surface area (Å²) in [5.74, 6) is -3.11. The summed E-state index contributed by atoms with van der Waals surface area (Å²) in [5.41, 5.74) is 3.08. The van der Waals surface area contributed by atoms with Crippen LogP contribution in [-0.2, 0) is 43.8 Å². The normalized spacial score (nSPS) is 11.9. The number of unbranched alkanes of at least 4 members (excludes halogenated alkanes) is 1. The van der Waals surface area contributed by atoms with E-state index in [9.17, 15) is 27.6 Å². The van der Waals surface area contributed by atoms with Gasteiger partial charge in [-0.25, -0.2) is 23.6 Å². The predicted octanol–water partition coefficient (Wildman–Crippen LogP) is 2.42. The van der Waals surface area contributed by atoms with Gasteiger partial charge in [-0.15, -0.1) is 0 Å². The molecule has 0 saturated carbocycles. The molecule has 0 bridgehead atoms. The molecule has 3 rings (SSSR count). The van der Waals surface area contributed by atoms with Gasteiger partial charge in [-0.2, -0.15) is 0 Å². The number of aldehydes is 1. The highest BCUT2D eigenvalue weighted by atomic mass is 35.5. The summed E-state index contributed by atoms with van der Waals surface area (Å²) in [4.78, 5) is 52.6. The zero-order chi connectivity index (χ0) is 30.7. The van der Waals surface area contributed by atoms with Crippen LogP contribution in [0.5, 0.6) is 0 Å². The zero-order valence-electron chi connectivity index (χ0n) is 22.9. The lowest BCUT2D eigenvalue weighted by molar-refractivity contribution is -0.140. The summed E-state index contributed by atoms with van der Waals surface area (Å²) in [5, 5.41) is 11.5. The first-order valence-corrected chi connectivity index (χ1v) is 15.1. The number of hydroxylamine groups is 1. The number of rotatable bonds is 15. The van der Waals surface area contributed by atoms with Crippen molar-refractivity contribution in [3.05, 3.63) is 82.4 Å². The first-order valence-electron chi connectivity index (χ1n) is 13.2. The Balaban J connectivity index is 1.58. The molecule has 2 aromatic carbocycles. The van der Waals surface area contributed by atoms with Gasteiger partial charge < -0.3 is 9.88 Å². The fourth-order valence-corrected chi connectivity index (χ4v) is 5.42. The third kappa shape index (κ3) is 8.71. The summed E-state index contributed by atoms with van der Waals surface area (Å²) in [6.45, 7) is 2.04. The molecule has 0 aliphatic heterocycles. The van der Waals surface area contributed by atoms with Crippen molar-refractivity contribution >= 4 is 45.6 Å². The second-order valence-electron chi connectivity index (χ2n) is 9.44. The van der Waals surface area contributed by atoms with E-state index in [4.69, 9.17) is 16.8 Å². The lowest BCUT2D eigenvalue weighted by Gasteiger charge is -2.15. The van der Waals surface area contributed by atoms with Gasteiger partial charge in [0, 0.05) is 25.9 Å². The topological polar surface area (TPSA) is 177 Å². The number of nitrogens with zero attached hydrogens (tertiary/aromatic N) is 2. The maximum Gasteiger partial charge on any atom is 0.264 e. The van der Waals surface area contributed by atoms with Crippen LogP contribution >= 0.6 is 11.6 Å². The van der Waals surface area contributed by atoms with Gasteiger partial charge in [0.2, 0.25) is 11.8 Å². The van der Waals surface area contributed by atoms with E-state index in [1.54, 1.807) is 47.0 Å². The maximum absolute atomic E-state index is 12.7. The molecule has 224 valence electrons. The zero-order valence-corrected chi connectivity index (χ0v) is 24.5. The maximum atomic E-state index is 12.7. The van der Waals surface area contributed by atoms with Crippen molar-refractivity contribution < 1.29 is 32.8 Å². The van der Waals surface area contributed by atoms with Gasteiger partial charge in [-0.05, 0) is 36.1 Å². The molecule has 0 aliphatic rings. The molecule has 42 heavy (non-hydrogen) atoms. The number of aryl methyl sites for hydroxylation is 1. The number of halogens is 1. The average molecular weight is 618 g/mol. The number of carbonyl (C=O) groups excluding carboxylic acids is 4. The van der Waals surface area contributed by atoms with Crippen LogP contribution in [0.25, 0.3) is 0 Å². The third-order valence-corrected chi connectivity index (χ3v) is 8.07. The van der Waals surface area contributed by atoms with Crippen molar-refractivity contribution in [2.24, 2.45) is 5.92 Å². The fourth-order valence-electron chi connectivity index (χ4n) is 4.17. The van der Waals surface area contributed by atoms with Gasteiger partial charge in [0.1, 0.15) is 17.4 Å². The van der Waals surface area contributed by atoms with E-state index in [1.165, 1.54) is 17.6 Å².